The van der Waals surface area contributed by atoms with Gasteiger partial charge in [-0.2, -0.15) is 10.2 Å². The number of halogens is 1. The maximum Gasteiger partial charge on any atom is 0.224 e. The lowest BCUT2D eigenvalue weighted by Gasteiger charge is -2.09. The van der Waals surface area contributed by atoms with Gasteiger partial charge in [0, 0.05) is 186 Å². The van der Waals surface area contributed by atoms with E-state index in [9.17, 15) is 57.5 Å². The number of nitrogens with one attached hydrogen (secondary N) is 11. The van der Waals surface area contributed by atoms with Crippen LogP contribution in [-0.2, 0) is 105 Å². The number of nitrogens with two attached hydrogens (primary N) is 3. The number of alkyl halides is 1. The van der Waals surface area contributed by atoms with Crippen molar-refractivity contribution in [2.24, 2.45) is 27.5 Å². The highest BCUT2D eigenvalue weighted by atomic mass is 35.5. The van der Waals surface area contributed by atoms with Crippen molar-refractivity contribution in [2.75, 3.05) is 247 Å². The fourth-order valence-electron chi connectivity index (χ4n) is 10.9. The molecule has 0 fully saturated rings. The number of rotatable bonds is 76. The van der Waals surface area contributed by atoms with E-state index in [0.29, 0.717) is 244 Å². The van der Waals surface area contributed by atoms with Crippen molar-refractivity contribution < 1.29 is 116 Å². The number of benzene rings is 4. The summed E-state index contributed by atoms with van der Waals surface area (Å²) < 4.78 is 64.8. The van der Waals surface area contributed by atoms with Crippen molar-refractivity contribution in [1.29, 1.82) is 0 Å². The van der Waals surface area contributed by atoms with Gasteiger partial charge >= 0.3 is 0 Å². The van der Waals surface area contributed by atoms with Crippen LogP contribution >= 0.6 is 11.6 Å². The number of carbonyl (C=O) groups excluding carboxylic acids is 12. The lowest BCUT2D eigenvalue weighted by molar-refractivity contribution is -0.125. The summed E-state index contributed by atoms with van der Waals surface area (Å²) in [6.45, 7) is 30.6. The first-order valence-corrected chi connectivity index (χ1v) is 48.7. The Bertz CT molecular complexity index is 3730. The molecule has 0 spiro atoms. The zero-order chi connectivity index (χ0) is 104. The molecule has 0 aliphatic rings. The van der Waals surface area contributed by atoms with Gasteiger partial charge in [0.2, 0.25) is 47.3 Å². The molecule has 141 heavy (non-hydrogen) atoms. The molecule has 0 aliphatic carbocycles. The minimum Gasteiger partial charge on any atom is -0.379 e. The van der Waals surface area contributed by atoms with Gasteiger partial charge in [-0.15, -0.1) is 11.6 Å². The molecule has 4 rings (SSSR count). The Hall–Kier alpha value is -10.1. The van der Waals surface area contributed by atoms with E-state index >= 15 is 0 Å². The summed E-state index contributed by atoms with van der Waals surface area (Å²) in [7, 11) is 5.12. The molecule has 4 aromatic carbocycles. The summed E-state index contributed by atoms with van der Waals surface area (Å²) in [6, 6.07) is 28.2. The van der Waals surface area contributed by atoms with E-state index in [1.165, 1.54) is 34.1 Å². The molecule has 40 nitrogen and oxygen atoms in total. The van der Waals surface area contributed by atoms with Gasteiger partial charge < -0.3 is 122 Å². The molecule has 0 bridgehead atoms. The third-order valence-corrected chi connectivity index (χ3v) is 18.0. The molecular weight excluding hydrogens is 1840 g/mol. The smallest absolute Gasteiger partial charge is 0.224 e. The van der Waals surface area contributed by atoms with Gasteiger partial charge in [-0.3, -0.25) is 68.8 Å². The Morgan fingerprint density at radius 3 is 0.681 bits per heavy atom. The van der Waals surface area contributed by atoms with E-state index < -0.39 is 0 Å². The van der Waals surface area contributed by atoms with Crippen molar-refractivity contribution >= 4 is 116 Å². The number of hydrazine groups is 1. The predicted molar refractivity (Wildman–Crippen MR) is 557 cm³/mol. The number of Topliss-reactive ketones (excluding diaryl/α,β-unsaturated/α-hetero) is 4. The fraction of sp³-hybridized carbons (Fsp3) is 0.620. The van der Waals surface area contributed by atoms with E-state index in [0.717, 1.165) is 74.3 Å². The summed E-state index contributed by atoms with van der Waals surface area (Å²) in [5, 5.41) is 30.4. The van der Waals surface area contributed by atoms with Crippen molar-refractivity contribution in [3.8, 4) is 0 Å². The third-order valence-electron chi connectivity index (χ3n) is 18.0. The van der Waals surface area contributed by atoms with Crippen LogP contribution in [0.15, 0.2) is 107 Å². The lowest BCUT2D eigenvalue weighted by atomic mass is 10.1. The van der Waals surface area contributed by atoms with Crippen LogP contribution in [0.4, 0.5) is 22.7 Å². The Kier molecular flexibility index (Phi) is 98.6. The number of unbranched alkanes of at least 4 members (excludes halogenated alkanes) is 2. The van der Waals surface area contributed by atoms with Crippen LogP contribution in [0.2, 0.25) is 0 Å². The molecule has 0 aliphatic heterocycles. The van der Waals surface area contributed by atoms with Crippen molar-refractivity contribution in [3.05, 3.63) is 119 Å². The molecule has 0 atom stereocenters. The monoisotopic (exact) mass is 2020 g/mol. The highest BCUT2D eigenvalue weighted by Gasteiger charge is 2.15. The average molecular weight is 2020 g/mol. The highest BCUT2D eigenvalue weighted by Crippen LogP contribution is 2.17. The van der Waals surface area contributed by atoms with Gasteiger partial charge in [-0.25, -0.2) is 0 Å². The van der Waals surface area contributed by atoms with E-state index in [-0.39, 0.29) is 137 Å². The SMILES string of the molecule is C.CC(=O)CC(C)=O.CC(=O)c1cccc(NC(=O)CCC(=O)NCCCOCCOCCOCCCN)c1.CCCCOCCOCCOCCCNC(=O)CCC(=O)Nc1cccc(/C(C)=N/NC)c1.CCCCOCCOCCOCCCNC(=O)CCC(=O)Nc1cccc(C(C)=O)c1.CCl.CN/N=C(\C)c1cccc(NC(=O)CCC(=O)NCCCOCCOCCOCCCN)c1.CNN.[2HH]. The minimum absolute atomic E-state index is 0. The number of hydrogen-bond acceptors (Lipinski definition) is 32. The van der Waals surface area contributed by atoms with E-state index in [1.807, 2.05) is 50.2 Å². The summed E-state index contributed by atoms with van der Waals surface area (Å²) in [5.41, 5.74) is 25.4. The lowest BCUT2D eigenvalue weighted by Crippen LogP contribution is -2.26. The number of anilines is 4. The van der Waals surface area contributed by atoms with E-state index in [4.69, 9.17) is 68.3 Å². The van der Waals surface area contributed by atoms with Crippen LogP contribution in [0.3, 0.4) is 0 Å². The van der Waals surface area contributed by atoms with Gasteiger partial charge in [0.25, 0.3) is 0 Å². The first kappa shape index (κ1) is 137. The van der Waals surface area contributed by atoms with Crippen LogP contribution in [-0.4, -0.2) is 307 Å². The summed E-state index contributed by atoms with van der Waals surface area (Å²) >= 11 is 4.64. The normalized spacial score (nSPS) is 10.6. The van der Waals surface area contributed by atoms with E-state index in [1.54, 1.807) is 81.8 Å². The first-order valence-electron chi connectivity index (χ1n) is 47.9. The quantitative estimate of drug-likeness (QED) is 0.00372. The number of ether oxygens (including phenoxy) is 12. The highest BCUT2D eigenvalue weighted by molar-refractivity contribution is 6.15. The minimum atomic E-state index is -0.274. The number of nitrogens with zero attached hydrogens (tertiary/aromatic N) is 2. The predicted octanol–water partition coefficient (Wildman–Crippen LogP) is 9.81. The summed E-state index contributed by atoms with van der Waals surface area (Å²) in [6.07, 6.45) is 11.3. The number of hydrazone groups is 2. The molecule has 41 heteroatoms. The molecular formula is C100H173ClN16O24. The number of carbonyl (C=O) groups is 12. The van der Waals surface area contributed by atoms with Gasteiger partial charge in [0.15, 0.2) is 11.6 Å². The number of hydrogen-bond donors (Lipinski definition) is 14. The Morgan fingerprint density at radius 2 is 0.489 bits per heavy atom. The van der Waals surface area contributed by atoms with Gasteiger partial charge in [-0.1, -0.05) is 82.6 Å². The largest absolute Gasteiger partial charge is 0.379 e. The number of amides is 8. The van der Waals surface area contributed by atoms with Gasteiger partial charge in [0.05, 0.1) is 124 Å². The third kappa shape index (κ3) is 92.1. The zero-order valence-electron chi connectivity index (χ0n) is 85.2. The second-order valence-corrected chi connectivity index (χ2v) is 30.5. The number of ketones is 4. The Labute approximate surface area is 843 Å². The topological polar surface area (TPSA) is 551 Å². The van der Waals surface area contributed by atoms with Crippen LogP contribution < -0.4 is 76.1 Å². The van der Waals surface area contributed by atoms with Crippen LogP contribution in [0.25, 0.3) is 0 Å². The molecule has 0 heterocycles. The molecule has 0 aromatic heterocycles. The molecule has 4 aromatic rings. The summed E-state index contributed by atoms with van der Waals surface area (Å²) in [4.78, 5) is 139. The molecule has 0 unspecified atom stereocenters. The molecule has 8 amide bonds. The van der Waals surface area contributed by atoms with Gasteiger partial charge in [-0.05, 0) is 173 Å². The first-order chi connectivity index (χ1) is 67.7. The average Bonchev–Trinajstić information content (AvgIpc) is 0.885. The van der Waals surface area contributed by atoms with Crippen LogP contribution in [0, 0.1) is 0 Å². The maximum atomic E-state index is 12.1. The van der Waals surface area contributed by atoms with Crippen LogP contribution in [0.5, 0.6) is 0 Å². The van der Waals surface area contributed by atoms with Crippen molar-refractivity contribution in [2.45, 2.75) is 185 Å². The standard InChI is InChI=1S/C24H40N4O5.C23H39N5O5.C23H36N2O6.C22H35N3O6.C5H8O2.CH3Cl.CH6N2.CH4.H2/c1-4-5-13-31-15-17-33-18-16-32-14-7-12-26-23(29)10-11-24(30)27-22-9-6-8-21(19-22)20(2)28-25-3;1-19(28-25-2)20-6-3-7-21(18-20)27-23(30)9-8-22(29)26-11-5-13-32-15-17-33-16-14-31-12-4-10-24;1-3-4-12-29-14-16-31-17-15-30-13-6-11-24-22(27)9-10-23(28)25-21-8-5-7-20(18-21)19(2)26;1-18(26)19-5-2-6-20(17-19)25-22(28)8-7-21(27)24-10-4-12-30-14-16-31-15-13-29-11-3-9-23;1-4(6)3-5(2)7;1-2;1-3-2;;/h6,8-9,19,25H,4-5,7,10-18H2,1-3H3,(H,26,29)(H,27,30);3,6-7,18,25H,4-5,8-17,24H2,1-2H3,(H,26,29)(H,27,30);5,7-8,18H,3-4,6,9-17H2,1-2H3,(H,24,27)(H,25,28);2,5-6,17H,3-4,7-16,23H2,1H3,(H,24,27)(H,25,28);3H2,1-2H3;1H3;3H,2H2,1H3;1H4;1H/b28-20+;28-19+;;;;;;;/i;;;;;;;;1+1. The molecule has 17 N–H and O–H groups in total. The fourth-order valence-corrected chi connectivity index (χ4v) is 10.9. The van der Waals surface area contributed by atoms with Gasteiger partial charge in [0.1, 0.15) is 11.6 Å². The second-order valence-electron chi connectivity index (χ2n) is 30.5. The Balaban J connectivity index is -0.000000562. The molecule has 0 radical (unpaired) electrons. The van der Waals surface area contributed by atoms with Crippen molar-refractivity contribution in [1.82, 2.24) is 37.5 Å². The van der Waals surface area contributed by atoms with E-state index in [2.05, 4.69) is 100 Å². The zero-order valence-corrected chi connectivity index (χ0v) is 85.9. The molecule has 0 saturated carbocycles. The van der Waals surface area contributed by atoms with Crippen LogP contribution in [0.1, 0.15) is 218 Å². The second kappa shape index (κ2) is 101. The Morgan fingerprint density at radius 1 is 0.298 bits per heavy atom. The molecule has 804 valence electrons. The van der Waals surface area contributed by atoms with Crippen molar-refractivity contribution in [3.63, 3.8) is 0 Å². The molecule has 0 saturated heterocycles. The maximum absolute atomic E-state index is 12.1. The summed E-state index contributed by atoms with van der Waals surface area (Å²) in [5.74, 6) is 2.69.